The molecule has 0 atom stereocenters. The van der Waals surface area contributed by atoms with Gasteiger partial charge in [-0.3, -0.25) is 4.79 Å². The Morgan fingerprint density at radius 3 is 2.39 bits per heavy atom. The van der Waals surface area contributed by atoms with E-state index in [0.29, 0.717) is 13.1 Å². The zero-order valence-corrected chi connectivity index (χ0v) is 11.7. The Bertz CT molecular complexity index is 382. The van der Waals surface area contributed by atoms with Crippen LogP contribution in [0.15, 0.2) is 18.2 Å². The number of amides is 1. The Morgan fingerprint density at radius 2 is 1.83 bits per heavy atom. The third-order valence-electron chi connectivity index (χ3n) is 2.79. The minimum atomic E-state index is 0.0273. The van der Waals surface area contributed by atoms with Gasteiger partial charge in [-0.1, -0.05) is 18.2 Å². The van der Waals surface area contributed by atoms with Crippen LogP contribution in [0, 0.1) is 13.8 Å². The molecule has 0 radical (unpaired) electrons. The molecule has 0 spiro atoms. The Hall–Kier alpha value is -1.55. The van der Waals surface area contributed by atoms with Crippen LogP contribution >= 0.6 is 0 Å². The van der Waals surface area contributed by atoms with Crippen molar-refractivity contribution >= 4 is 11.6 Å². The van der Waals surface area contributed by atoms with E-state index in [9.17, 15) is 4.79 Å². The first-order valence-electron chi connectivity index (χ1n) is 6.22. The third-order valence-corrected chi connectivity index (χ3v) is 2.79. The predicted octanol–water partition coefficient (Wildman–Crippen LogP) is 1.39. The highest BCUT2D eigenvalue weighted by Crippen LogP contribution is 2.18. The highest BCUT2D eigenvalue weighted by molar-refractivity contribution is 5.81. The highest BCUT2D eigenvalue weighted by atomic mass is 16.1. The zero-order valence-electron chi connectivity index (χ0n) is 11.7. The molecule has 1 amide bonds. The van der Waals surface area contributed by atoms with Gasteiger partial charge in [-0.15, -0.1) is 0 Å². The molecule has 2 N–H and O–H groups in total. The largest absolute Gasteiger partial charge is 0.376 e. The van der Waals surface area contributed by atoms with Crippen molar-refractivity contribution in [3.8, 4) is 0 Å². The first-order valence-corrected chi connectivity index (χ1v) is 6.22. The number of hydrogen-bond acceptors (Lipinski definition) is 3. The van der Waals surface area contributed by atoms with Crippen LogP contribution in [0.4, 0.5) is 5.69 Å². The maximum absolute atomic E-state index is 11.6. The predicted molar refractivity (Wildman–Crippen MR) is 76.0 cm³/mol. The number of benzene rings is 1. The van der Waals surface area contributed by atoms with E-state index in [4.69, 9.17) is 0 Å². The molecule has 0 aliphatic carbocycles. The Kier molecular flexibility index (Phi) is 5.65. The van der Waals surface area contributed by atoms with Crippen LogP contribution in [-0.2, 0) is 4.79 Å². The van der Waals surface area contributed by atoms with Crippen molar-refractivity contribution in [3.05, 3.63) is 29.3 Å². The molecule has 1 rings (SSSR count). The number of rotatable bonds is 6. The average molecular weight is 249 g/mol. The van der Waals surface area contributed by atoms with Crippen LogP contribution in [0.2, 0.25) is 0 Å². The van der Waals surface area contributed by atoms with Gasteiger partial charge in [0.15, 0.2) is 0 Å². The van der Waals surface area contributed by atoms with Gasteiger partial charge in [0.2, 0.25) is 5.91 Å². The van der Waals surface area contributed by atoms with E-state index in [1.807, 2.05) is 51.0 Å². The van der Waals surface area contributed by atoms with Gasteiger partial charge < -0.3 is 15.5 Å². The summed E-state index contributed by atoms with van der Waals surface area (Å²) in [6.07, 6.45) is 0. The van der Waals surface area contributed by atoms with Gasteiger partial charge in [-0.2, -0.15) is 0 Å². The Morgan fingerprint density at radius 1 is 1.22 bits per heavy atom. The minimum absolute atomic E-state index is 0.0273. The maximum atomic E-state index is 11.6. The molecule has 0 aliphatic heterocycles. The van der Waals surface area contributed by atoms with E-state index in [-0.39, 0.29) is 5.91 Å². The Balaban J connectivity index is 2.38. The fourth-order valence-electron chi connectivity index (χ4n) is 1.74. The van der Waals surface area contributed by atoms with E-state index in [0.717, 1.165) is 23.4 Å². The summed E-state index contributed by atoms with van der Waals surface area (Å²) in [7, 11) is 3.97. The van der Waals surface area contributed by atoms with Crippen molar-refractivity contribution in [1.82, 2.24) is 10.2 Å². The van der Waals surface area contributed by atoms with Gasteiger partial charge in [0.05, 0.1) is 6.54 Å². The lowest BCUT2D eigenvalue weighted by molar-refractivity contribution is -0.119. The summed E-state index contributed by atoms with van der Waals surface area (Å²) in [5, 5.41) is 6.07. The molecule has 100 valence electrons. The van der Waals surface area contributed by atoms with Crippen molar-refractivity contribution in [3.63, 3.8) is 0 Å². The highest BCUT2D eigenvalue weighted by Gasteiger charge is 2.04. The third kappa shape index (κ3) is 4.75. The number of likely N-dealkylation sites (N-methyl/N-ethyl adjacent to an activating group) is 1. The van der Waals surface area contributed by atoms with Crippen LogP contribution in [0.25, 0.3) is 0 Å². The molecule has 0 unspecified atom stereocenters. The summed E-state index contributed by atoms with van der Waals surface area (Å²) < 4.78 is 0. The molecule has 1 aromatic carbocycles. The number of hydrogen-bond donors (Lipinski definition) is 2. The summed E-state index contributed by atoms with van der Waals surface area (Å²) in [6, 6.07) is 6.10. The van der Waals surface area contributed by atoms with Gasteiger partial charge in [-0.25, -0.2) is 0 Å². The molecule has 4 heteroatoms. The second kappa shape index (κ2) is 7.01. The molecular formula is C14H23N3O. The van der Waals surface area contributed by atoms with Crippen LogP contribution in [0.1, 0.15) is 11.1 Å². The molecular weight excluding hydrogens is 226 g/mol. The first kappa shape index (κ1) is 14.5. The molecule has 0 aliphatic rings. The lowest BCUT2D eigenvalue weighted by Gasteiger charge is -2.13. The van der Waals surface area contributed by atoms with Crippen molar-refractivity contribution < 1.29 is 4.79 Å². The van der Waals surface area contributed by atoms with Crippen molar-refractivity contribution in [2.24, 2.45) is 0 Å². The van der Waals surface area contributed by atoms with Gasteiger partial charge in [0.1, 0.15) is 0 Å². The second-order valence-corrected chi connectivity index (χ2v) is 4.77. The quantitative estimate of drug-likeness (QED) is 0.801. The summed E-state index contributed by atoms with van der Waals surface area (Å²) in [6.45, 7) is 5.94. The molecule has 0 aromatic heterocycles. The molecule has 0 fully saturated rings. The monoisotopic (exact) mass is 249 g/mol. The zero-order chi connectivity index (χ0) is 13.5. The molecule has 0 bridgehead atoms. The van der Waals surface area contributed by atoms with Crippen LogP contribution in [-0.4, -0.2) is 44.5 Å². The topological polar surface area (TPSA) is 44.4 Å². The Labute approximate surface area is 109 Å². The van der Waals surface area contributed by atoms with E-state index < -0.39 is 0 Å². The summed E-state index contributed by atoms with van der Waals surface area (Å²) in [4.78, 5) is 13.7. The first-order chi connectivity index (χ1) is 8.50. The number of nitrogens with zero attached hydrogens (tertiary/aromatic N) is 1. The van der Waals surface area contributed by atoms with Crippen LogP contribution < -0.4 is 10.6 Å². The average Bonchev–Trinajstić information content (AvgIpc) is 2.27. The second-order valence-electron chi connectivity index (χ2n) is 4.77. The number of carbonyl (C=O) groups is 1. The fourth-order valence-corrected chi connectivity index (χ4v) is 1.74. The summed E-state index contributed by atoms with van der Waals surface area (Å²) in [5.74, 6) is 0.0273. The fraction of sp³-hybridized carbons (Fsp3) is 0.500. The van der Waals surface area contributed by atoms with E-state index in [2.05, 4.69) is 10.6 Å². The van der Waals surface area contributed by atoms with E-state index in [1.165, 1.54) is 0 Å². The molecule has 4 nitrogen and oxygen atoms in total. The lowest BCUT2D eigenvalue weighted by atomic mass is 10.1. The van der Waals surface area contributed by atoms with Crippen LogP contribution in [0.3, 0.4) is 0 Å². The smallest absolute Gasteiger partial charge is 0.239 e. The SMILES string of the molecule is Cc1cccc(C)c1NCC(=O)NCCN(C)C. The number of aryl methyl sites for hydroxylation is 2. The minimum Gasteiger partial charge on any atom is -0.376 e. The van der Waals surface area contributed by atoms with E-state index >= 15 is 0 Å². The molecule has 0 saturated heterocycles. The summed E-state index contributed by atoms with van der Waals surface area (Å²) in [5.41, 5.74) is 3.38. The standard InChI is InChI=1S/C14H23N3O/c1-11-6-5-7-12(2)14(11)16-10-13(18)15-8-9-17(3)4/h5-7,16H,8-10H2,1-4H3,(H,15,18). The molecule has 0 saturated carbocycles. The van der Waals surface area contributed by atoms with Gasteiger partial charge >= 0.3 is 0 Å². The van der Waals surface area contributed by atoms with Crippen molar-refractivity contribution in [2.75, 3.05) is 39.0 Å². The van der Waals surface area contributed by atoms with Gasteiger partial charge in [0.25, 0.3) is 0 Å². The van der Waals surface area contributed by atoms with Gasteiger partial charge in [-0.05, 0) is 39.1 Å². The normalized spacial score (nSPS) is 10.5. The number of carbonyl (C=O) groups excluding carboxylic acids is 1. The molecule has 1 aromatic rings. The number of nitrogens with one attached hydrogen (secondary N) is 2. The molecule has 18 heavy (non-hydrogen) atoms. The number of anilines is 1. The molecule has 0 heterocycles. The number of para-hydroxylation sites is 1. The van der Waals surface area contributed by atoms with Crippen molar-refractivity contribution in [2.45, 2.75) is 13.8 Å². The summed E-state index contributed by atoms with van der Waals surface area (Å²) >= 11 is 0. The van der Waals surface area contributed by atoms with E-state index in [1.54, 1.807) is 0 Å². The van der Waals surface area contributed by atoms with Crippen LogP contribution in [0.5, 0.6) is 0 Å². The lowest BCUT2D eigenvalue weighted by Crippen LogP contribution is -2.35. The van der Waals surface area contributed by atoms with Crippen molar-refractivity contribution in [1.29, 1.82) is 0 Å². The maximum Gasteiger partial charge on any atom is 0.239 e. The van der Waals surface area contributed by atoms with Gasteiger partial charge in [0, 0.05) is 18.8 Å².